The molecule has 0 aliphatic carbocycles. The number of carbonyl (C=O) groups is 1. The summed E-state index contributed by atoms with van der Waals surface area (Å²) in [5.41, 5.74) is 2.74. The van der Waals surface area contributed by atoms with Crippen LogP contribution in [0.25, 0.3) is 11.0 Å². The Morgan fingerprint density at radius 3 is 2.85 bits per heavy atom. The predicted octanol–water partition coefficient (Wildman–Crippen LogP) is 3.15. The van der Waals surface area contributed by atoms with E-state index in [0.717, 1.165) is 30.5 Å². The van der Waals surface area contributed by atoms with E-state index in [2.05, 4.69) is 39.6 Å². The van der Waals surface area contributed by atoms with Gasteiger partial charge in [0.05, 0.1) is 6.42 Å². The third kappa shape index (κ3) is 3.78. The van der Waals surface area contributed by atoms with Gasteiger partial charge in [0.1, 0.15) is 5.69 Å². The molecule has 4 rings (SSSR count). The highest BCUT2D eigenvalue weighted by atomic mass is 16.5. The molecule has 0 unspecified atom stereocenters. The first-order valence-corrected chi connectivity index (χ1v) is 9.17. The number of carbonyl (C=O) groups excluding carboxylic acids is 1. The molecule has 1 aliphatic rings. The van der Waals surface area contributed by atoms with Crippen molar-refractivity contribution in [2.75, 3.05) is 13.1 Å². The van der Waals surface area contributed by atoms with Crippen LogP contribution < -0.4 is 5.32 Å². The molecule has 5 heteroatoms. The minimum Gasteiger partial charge on any atom is -0.356 e. The summed E-state index contributed by atoms with van der Waals surface area (Å²) >= 11 is 0. The van der Waals surface area contributed by atoms with Crippen molar-refractivity contribution in [2.45, 2.75) is 31.8 Å². The normalized spacial score (nSPS) is 17.6. The molecule has 1 atom stereocenters. The average Bonchev–Trinajstić information content (AvgIpc) is 3.28. The molecule has 1 fully saturated rings. The summed E-state index contributed by atoms with van der Waals surface area (Å²) in [5, 5.41) is 8.03. The standard InChI is InChI=1S/C21H23N3O2/c25-21(13-19-18-10-4-5-11-20(18)26-23-19)22-14-17-9-6-12-24(17)15-16-7-2-1-3-8-16/h1-5,7-8,10-11,17H,6,9,12-15H2,(H,22,25)/t17-/m1/s1. The van der Waals surface area contributed by atoms with Gasteiger partial charge in [-0.15, -0.1) is 0 Å². The van der Waals surface area contributed by atoms with Crippen LogP contribution in [-0.2, 0) is 17.8 Å². The molecule has 0 saturated carbocycles. The Labute approximate surface area is 153 Å². The zero-order valence-electron chi connectivity index (χ0n) is 14.7. The van der Waals surface area contributed by atoms with Crippen molar-refractivity contribution in [2.24, 2.45) is 0 Å². The molecule has 1 aromatic heterocycles. The Morgan fingerprint density at radius 2 is 1.96 bits per heavy atom. The second-order valence-electron chi connectivity index (χ2n) is 6.86. The van der Waals surface area contributed by atoms with Crippen molar-refractivity contribution in [1.29, 1.82) is 0 Å². The molecule has 1 aliphatic heterocycles. The van der Waals surface area contributed by atoms with Crippen LogP contribution in [0.3, 0.4) is 0 Å². The molecule has 3 aromatic rings. The van der Waals surface area contributed by atoms with Gasteiger partial charge in [-0.1, -0.05) is 47.6 Å². The number of likely N-dealkylation sites (tertiary alicyclic amines) is 1. The van der Waals surface area contributed by atoms with E-state index in [1.165, 1.54) is 12.0 Å². The Balaban J connectivity index is 1.32. The number of nitrogens with zero attached hydrogens (tertiary/aromatic N) is 2. The van der Waals surface area contributed by atoms with Crippen LogP contribution in [0.1, 0.15) is 24.1 Å². The fourth-order valence-corrected chi connectivity index (χ4v) is 3.66. The number of nitrogens with one attached hydrogen (secondary N) is 1. The van der Waals surface area contributed by atoms with E-state index < -0.39 is 0 Å². The first kappa shape index (κ1) is 16.8. The molecule has 2 heterocycles. The number of aromatic nitrogens is 1. The van der Waals surface area contributed by atoms with E-state index in [-0.39, 0.29) is 12.3 Å². The van der Waals surface area contributed by atoms with Crippen LogP contribution in [-0.4, -0.2) is 35.1 Å². The molecule has 5 nitrogen and oxygen atoms in total. The van der Waals surface area contributed by atoms with Crippen molar-refractivity contribution < 1.29 is 9.32 Å². The molecular formula is C21H23N3O2. The van der Waals surface area contributed by atoms with Crippen LogP contribution >= 0.6 is 0 Å². The lowest BCUT2D eigenvalue weighted by atomic mass is 10.1. The number of rotatable bonds is 6. The summed E-state index contributed by atoms with van der Waals surface area (Å²) in [4.78, 5) is 14.8. The monoisotopic (exact) mass is 349 g/mol. The lowest BCUT2D eigenvalue weighted by Gasteiger charge is -2.24. The lowest BCUT2D eigenvalue weighted by Crippen LogP contribution is -2.40. The maximum Gasteiger partial charge on any atom is 0.226 e. The summed E-state index contributed by atoms with van der Waals surface area (Å²) in [7, 11) is 0. The molecule has 134 valence electrons. The number of hydrogen-bond donors (Lipinski definition) is 1. The van der Waals surface area contributed by atoms with Gasteiger partial charge < -0.3 is 9.84 Å². The van der Waals surface area contributed by atoms with Crippen LogP contribution in [0.2, 0.25) is 0 Å². The van der Waals surface area contributed by atoms with Gasteiger partial charge in [-0.25, -0.2) is 0 Å². The first-order valence-electron chi connectivity index (χ1n) is 9.17. The maximum atomic E-state index is 12.4. The van der Waals surface area contributed by atoms with E-state index in [4.69, 9.17) is 4.52 Å². The summed E-state index contributed by atoms with van der Waals surface area (Å²) < 4.78 is 5.27. The van der Waals surface area contributed by atoms with Gasteiger partial charge in [0.15, 0.2) is 5.58 Å². The van der Waals surface area contributed by atoms with Crippen molar-refractivity contribution in [3.05, 3.63) is 65.9 Å². The SMILES string of the molecule is O=C(Cc1noc2ccccc12)NC[C@H]1CCCN1Cc1ccccc1. The van der Waals surface area contributed by atoms with Gasteiger partial charge in [0.25, 0.3) is 0 Å². The predicted molar refractivity (Wildman–Crippen MR) is 101 cm³/mol. The maximum absolute atomic E-state index is 12.4. The number of benzene rings is 2. The largest absolute Gasteiger partial charge is 0.356 e. The first-order chi connectivity index (χ1) is 12.8. The molecule has 26 heavy (non-hydrogen) atoms. The number of para-hydroxylation sites is 1. The number of amides is 1. The fraction of sp³-hybridized carbons (Fsp3) is 0.333. The minimum absolute atomic E-state index is 0.00406. The van der Waals surface area contributed by atoms with Gasteiger partial charge >= 0.3 is 0 Å². The van der Waals surface area contributed by atoms with E-state index in [9.17, 15) is 4.79 Å². The van der Waals surface area contributed by atoms with Gasteiger partial charge in [-0.2, -0.15) is 0 Å². The molecule has 1 amide bonds. The molecule has 1 saturated heterocycles. The summed E-state index contributed by atoms with van der Waals surface area (Å²) in [5.74, 6) is -0.00406. The fourth-order valence-electron chi connectivity index (χ4n) is 3.66. The molecule has 1 N–H and O–H groups in total. The van der Waals surface area contributed by atoms with Crippen molar-refractivity contribution in [3.8, 4) is 0 Å². The van der Waals surface area contributed by atoms with Crippen molar-refractivity contribution in [3.63, 3.8) is 0 Å². The number of hydrogen-bond acceptors (Lipinski definition) is 4. The molecule has 0 bridgehead atoms. The summed E-state index contributed by atoms with van der Waals surface area (Å²) in [6.07, 6.45) is 2.56. The molecular weight excluding hydrogens is 326 g/mol. The highest BCUT2D eigenvalue weighted by molar-refractivity contribution is 5.86. The van der Waals surface area contributed by atoms with Gasteiger partial charge in [-0.3, -0.25) is 9.69 Å². The Kier molecular flexibility index (Phi) is 4.97. The van der Waals surface area contributed by atoms with Crippen LogP contribution in [0, 0.1) is 0 Å². The zero-order valence-corrected chi connectivity index (χ0v) is 14.7. The highest BCUT2D eigenvalue weighted by Gasteiger charge is 2.25. The highest BCUT2D eigenvalue weighted by Crippen LogP contribution is 2.20. The van der Waals surface area contributed by atoms with E-state index in [1.807, 2.05) is 30.3 Å². The third-order valence-electron chi connectivity index (χ3n) is 5.04. The molecule has 2 aromatic carbocycles. The Hall–Kier alpha value is -2.66. The topological polar surface area (TPSA) is 58.4 Å². The zero-order chi connectivity index (χ0) is 17.8. The van der Waals surface area contributed by atoms with Crippen molar-refractivity contribution >= 4 is 16.9 Å². The van der Waals surface area contributed by atoms with Crippen LogP contribution in [0.15, 0.2) is 59.1 Å². The van der Waals surface area contributed by atoms with Crippen LogP contribution in [0.4, 0.5) is 0 Å². The van der Waals surface area contributed by atoms with E-state index >= 15 is 0 Å². The smallest absolute Gasteiger partial charge is 0.226 e. The average molecular weight is 349 g/mol. The number of fused-ring (bicyclic) bond motifs is 1. The third-order valence-corrected chi connectivity index (χ3v) is 5.04. The minimum atomic E-state index is -0.00406. The summed E-state index contributed by atoms with van der Waals surface area (Å²) in [6.45, 7) is 2.71. The van der Waals surface area contributed by atoms with Gasteiger partial charge in [0.2, 0.25) is 5.91 Å². The van der Waals surface area contributed by atoms with Gasteiger partial charge in [-0.05, 0) is 37.1 Å². The van der Waals surface area contributed by atoms with E-state index in [1.54, 1.807) is 0 Å². The lowest BCUT2D eigenvalue weighted by molar-refractivity contribution is -0.120. The second kappa shape index (κ2) is 7.70. The molecule has 0 radical (unpaired) electrons. The molecule has 0 spiro atoms. The quantitative estimate of drug-likeness (QED) is 0.743. The van der Waals surface area contributed by atoms with Crippen LogP contribution in [0.5, 0.6) is 0 Å². The van der Waals surface area contributed by atoms with Crippen molar-refractivity contribution in [1.82, 2.24) is 15.4 Å². The summed E-state index contributed by atoms with van der Waals surface area (Å²) in [6, 6.07) is 18.5. The second-order valence-corrected chi connectivity index (χ2v) is 6.86. The van der Waals surface area contributed by atoms with Gasteiger partial charge in [0, 0.05) is 24.5 Å². The Morgan fingerprint density at radius 1 is 1.15 bits per heavy atom. The van der Waals surface area contributed by atoms with E-state index in [0.29, 0.717) is 18.3 Å². The Bertz CT molecular complexity index is 875.